The molecule has 0 aromatic heterocycles. The maximum atomic E-state index is 5.72. The molecule has 0 bridgehead atoms. The van der Waals surface area contributed by atoms with Gasteiger partial charge in [0, 0.05) is 51.0 Å². The van der Waals surface area contributed by atoms with Crippen LogP contribution in [0.15, 0.2) is 0 Å². The normalized spacial score (nSPS) is 13.2. The van der Waals surface area contributed by atoms with Crippen LogP contribution >= 0.6 is 0 Å². The van der Waals surface area contributed by atoms with Crippen LogP contribution in [-0.4, -0.2) is 57.3 Å². The lowest BCUT2D eigenvalue weighted by molar-refractivity contribution is 0.0755. The van der Waals surface area contributed by atoms with Crippen LogP contribution in [0, 0.1) is 11.4 Å². The van der Waals surface area contributed by atoms with E-state index in [9.17, 15) is 0 Å². The van der Waals surface area contributed by atoms with E-state index in [0.29, 0.717) is 39.6 Å². The highest BCUT2D eigenvalue weighted by Gasteiger charge is 2.44. The molecule has 0 rings (SSSR count). The Hall–Kier alpha value is -0.0662. The summed E-state index contributed by atoms with van der Waals surface area (Å²) in [7, 11) is -6.12. The van der Waals surface area contributed by atoms with Crippen LogP contribution in [-0.2, 0) is 26.6 Å². The van der Waals surface area contributed by atoms with Crippen molar-refractivity contribution < 1.29 is 26.6 Å². The molecule has 0 N–H and O–H groups in total. The molecular formula is C14H30O6Si2. The summed E-state index contributed by atoms with van der Waals surface area (Å²) in [6.07, 6.45) is 0. The molecule has 0 amide bonds. The molecule has 2 radical (unpaired) electrons. The van der Waals surface area contributed by atoms with Crippen LogP contribution < -0.4 is 0 Å². The van der Waals surface area contributed by atoms with E-state index in [1.54, 1.807) is 0 Å². The standard InChI is InChI=1S/C14H30O6Si2/c1-7-15-21(16-8-2,17-9-3)13-14-22(18-10-4,19-11-5)20-12-6/h7-12H2,1-6H3. The first-order chi connectivity index (χ1) is 10.6. The molecule has 0 fully saturated rings. The molecule has 130 valence electrons. The second-order valence-corrected chi connectivity index (χ2v) is 8.42. The molecule has 22 heavy (non-hydrogen) atoms. The second-order valence-electron chi connectivity index (χ2n) is 3.96. The third-order valence-electron chi connectivity index (χ3n) is 2.37. The fraction of sp³-hybridized carbons (Fsp3) is 0.857. The van der Waals surface area contributed by atoms with Crippen LogP contribution in [0.25, 0.3) is 0 Å². The van der Waals surface area contributed by atoms with Crippen LogP contribution in [0.4, 0.5) is 0 Å². The van der Waals surface area contributed by atoms with Gasteiger partial charge in [-0.3, -0.25) is 0 Å². The zero-order chi connectivity index (χ0) is 16.9. The van der Waals surface area contributed by atoms with Gasteiger partial charge in [0.2, 0.25) is 0 Å². The molecule has 0 spiro atoms. The Balaban J connectivity index is 5.40. The SMILES string of the molecule is CCO[Si](/[C]=[C]/[Si](OCC)(OCC)OCC)(OCC)OCC. The predicted octanol–water partition coefficient (Wildman–Crippen LogP) is 2.32. The fourth-order valence-electron chi connectivity index (χ4n) is 1.76. The largest absolute Gasteiger partial charge is 0.537 e. The summed E-state index contributed by atoms with van der Waals surface area (Å²) >= 11 is 0. The van der Waals surface area contributed by atoms with Gasteiger partial charge in [-0.1, -0.05) is 0 Å². The van der Waals surface area contributed by atoms with E-state index in [1.165, 1.54) is 0 Å². The van der Waals surface area contributed by atoms with Crippen molar-refractivity contribution in [3.63, 3.8) is 0 Å². The predicted molar refractivity (Wildman–Crippen MR) is 87.8 cm³/mol. The van der Waals surface area contributed by atoms with E-state index >= 15 is 0 Å². The Kier molecular flexibility index (Phi) is 12.3. The molecule has 0 saturated heterocycles. The molecule has 0 heterocycles. The maximum Gasteiger partial charge on any atom is 0.537 e. The first-order valence-electron chi connectivity index (χ1n) is 7.95. The molecule has 0 aliphatic rings. The second kappa shape index (κ2) is 12.4. The minimum atomic E-state index is -3.06. The summed E-state index contributed by atoms with van der Waals surface area (Å²) in [5, 5.41) is 0. The molecule has 0 aliphatic carbocycles. The molecule has 0 aliphatic heterocycles. The average molecular weight is 351 g/mol. The highest BCUT2D eigenvalue weighted by Crippen LogP contribution is 2.16. The fourth-order valence-corrected chi connectivity index (χ4v) is 6.20. The molecule has 0 unspecified atom stereocenters. The summed E-state index contributed by atoms with van der Waals surface area (Å²) in [6, 6.07) is 0. The van der Waals surface area contributed by atoms with Crippen molar-refractivity contribution in [2.45, 2.75) is 41.5 Å². The molecule has 8 heteroatoms. The zero-order valence-corrected chi connectivity index (χ0v) is 16.7. The van der Waals surface area contributed by atoms with E-state index in [-0.39, 0.29) is 0 Å². The van der Waals surface area contributed by atoms with Crippen molar-refractivity contribution in [1.82, 2.24) is 0 Å². The minimum Gasteiger partial charge on any atom is -0.370 e. The highest BCUT2D eigenvalue weighted by atomic mass is 28.4. The Morgan fingerprint density at radius 2 is 0.636 bits per heavy atom. The van der Waals surface area contributed by atoms with Gasteiger partial charge in [0.05, 0.1) is 0 Å². The topological polar surface area (TPSA) is 55.4 Å². The molecule has 6 nitrogen and oxygen atoms in total. The lowest BCUT2D eigenvalue weighted by atomic mass is 10.9. The van der Waals surface area contributed by atoms with Crippen molar-refractivity contribution in [2.24, 2.45) is 0 Å². The van der Waals surface area contributed by atoms with E-state index in [2.05, 4.69) is 11.4 Å². The average Bonchev–Trinajstić information content (AvgIpc) is 2.47. The van der Waals surface area contributed by atoms with Crippen molar-refractivity contribution in [2.75, 3.05) is 39.6 Å². The first-order valence-corrected chi connectivity index (χ1v) is 11.4. The molecular weight excluding hydrogens is 320 g/mol. The maximum absolute atomic E-state index is 5.72. The summed E-state index contributed by atoms with van der Waals surface area (Å²) in [5.41, 5.74) is 6.08. The van der Waals surface area contributed by atoms with Crippen molar-refractivity contribution >= 4 is 17.6 Å². The smallest absolute Gasteiger partial charge is 0.370 e. The molecule has 0 saturated carbocycles. The molecule has 0 aromatic carbocycles. The summed E-state index contributed by atoms with van der Waals surface area (Å²) < 4.78 is 34.3. The summed E-state index contributed by atoms with van der Waals surface area (Å²) in [4.78, 5) is 0. The van der Waals surface area contributed by atoms with Gasteiger partial charge in [0.1, 0.15) is 0 Å². The van der Waals surface area contributed by atoms with Crippen LogP contribution in [0.1, 0.15) is 41.5 Å². The van der Waals surface area contributed by atoms with E-state index in [1.807, 2.05) is 41.5 Å². The summed E-state index contributed by atoms with van der Waals surface area (Å²) in [6.45, 7) is 14.1. The van der Waals surface area contributed by atoms with Crippen LogP contribution in [0.2, 0.25) is 0 Å². The van der Waals surface area contributed by atoms with Gasteiger partial charge in [-0.2, -0.15) is 0 Å². The minimum absolute atomic E-state index is 0.466. The number of rotatable bonds is 14. The van der Waals surface area contributed by atoms with Gasteiger partial charge in [-0.25, -0.2) is 0 Å². The Labute approximate surface area is 137 Å². The van der Waals surface area contributed by atoms with Crippen molar-refractivity contribution in [3.8, 4) is 0 Å². The quantitative estimate of drug-likeness (QED) is 0.448. The van der Waals surface area contributed by atoms with Gasteiger partial charge >= 0.3 is 17.6 Å². The van der Waals surface area contributed by atoms with Gasteiger partial charge in [-0.05, 0) is 41.5 Å². The number of hydrogen-bond acceptors (Lipinski definition) is 6. The Morgan fingerprint density at radius 3 is 0.773 bits per heavy atom. The zero-order valence-electron chi connectivity index (χ0n) is 14.7. The van der Waals surface area contributed by atoms with E-state index in [4.69, 9.17) is 26.6 Å². The third kappa shape index (κ3) is 7.47. The van der Waals surface area contributed by atoms with Gasteiger partial charge in [0.15, 0.2) is 0 Å². The van der Waals surface area contributed by atoms with Gasteiger partial charge < -0.3 is 26.6 Å². The number of hydrogen-bond donors (Lipinski definition) is 0. The van der Waals surface area contributed by atoms with E-state index in [0.717, 1.165) is 0 Å². The highest BCUT2D eigenvalue weighted by molar-refractivity contribution is 6.69. The molecule has 0 atom stereocenters. The molecule has 0 aromatic rings. The van der Waals surface area contributed by atoms with Crippen LogP contribution in [0.3, 0.4) is 0 Å². The summed E-state index contributed by atoms with van der Waals surface area (Å²) in [5.74, 6) is 0. The van der Waals surface area contributed by atoms with Crippen molar-refractivity contribution in [1.29, 1.82) is 0 Å². The lowest BCUT2D eigenvalue weighted by Crippen LogP contribution is -2.49. The van der Waals surface area contributed by atoms with Gasteiger partial charge in [0.25, 0.3) is 0 Å². The Morgan fingerprint density at radius 1 is 0.455 bits per heavy atom. The van der Waals surface area contributed by atoms with Crippen molar-refractivity contribution in [3.05, 3.63) is 11.4 Å². The first kappa shape index (κ1) is 21.9. The van der Waals surface area contributed by atoms with Gasteiger partial charge in [-0.15, -0.1) is 0 Å². The lowest BCUT2D eigenvalue weighted by Gasteiger charge is -2.28. The Bertz CT molecular complexity index is 239. The monoisotopic (exact) mass is 350 g/mol. The van der Waals surface area contributed by atoms with E-state index < -0.39 is 17.6 Å². The third-order valence-corrected chi connectivity index (χ3v) is 7.50. The van der Waals surface area contributed by atoms with Crippen LogP contribution in [0.5, 0.6) is 0 Å².